The molecule has 5 nitrogen and oxygen atoms in total. The van der Waals surface area contributed by atoms with Crippen molar-refractivity contribution in [1.82, 2.24) is 0 Å². The number of rotatable bonds is 13. The molecular formula is C54H32F16NO4+. The van der Waals surface area contributed by atoms with Gasteiger partial charge in [-0.05, 0) is 54.4 Å². The van der Waals surface area contributed by atoms with Gasteiger partial charge in [0, 0.05) is 22.3 Å². The first-order valence-electron chi connectivity index (χ1n) is 21.6. The summed E-state index contributed by atoms with van der Waals surface area (Å²) in [5.41, 5.74) is -9.49. The second kappa shape index (κ2) is 20.3. The van der Waals surface area contributed by atoms with E-state index < -0.39 is 161 Å². The summed E-state index contributed by atoms with van der Waals surface area (Å²) in [4.78, 5) is 0. The lowest BCUT2D eigenvalue weighted by Gasteiger charge is -2.24. The largest absolute Gasteiger partial charge is 0.497 e. The van der Waals surface area contributed by atoms with Crippen LogP contribution in [0.4, 0.5) is 70.2 Å². The number of benzene rings is 8. The smallest absolute Gasteiger partial charge is 0.205 e. The molecule has 0 saturated carbocycles. The minimum atomic E-state index is -2.64. The summed E-state index contributed by atoms with van der Waals surface area (Å²) in [6, 6.07) is 19.4. The van der Waals surface area contributed by atoms with Crippen LogP contribution >= 0.6 is 0 Å². The maximum atomic E-state index is 15.9. The van der Waals surface area contributed by atoms with Crippen LogP contribution in [-0.4, -0.2) is 32.7 Å². The summed E-state index contributed by atoms with van der Waals surface area (Å²) in [5, 5.41) is 0. The third kappa shape index (κ3) is 9.63. The molecule has 8 rings (SSSR count). The minimum Gasteiger partial charge on any atom is -0.497 e. The van der Waals surface area contributed by atoms with E-state index in [1.54, 1.807) is 18.2 Å². The van der Waals surface area contributed by atoms with Crippen molar-refractivity contribution in [2.24, 2.45) is 0 Å². The Hall–Kier alpha value is -8.20. The topological polar surface area (TPSA) is 36.9 Å². The molecule has 0 aliphatic rings. The first kappa shape index (κ1) is 53.1. The van der Waals surface area contributed by atoms with E-state index in [2.05, 4.69) is 0 Å². The fraction of sp³-hybridized carbons (Fsp3) is 0.111. The summed E-state index contributed by atoms with van der Waals surface area (Å²) < 4.78 is 269. The number of hydrogen-bond acceptors (Lipinski definition) is 4. The minimum absolute atomic E-state index is 0.0342. The molecule has 0 atom stereocenters. The van der Waals surface area contributed by atoms with E-state index in [0.717, 1.165) is 12.1 Å². The Kier molecular flexibility index (Phi) is 14.3. The Balaban J connectivity index is 1.20. The van der Waals surface area contributed by atoms with Gasteiger partial charge in [-0.3, -0.25) is 0 Å². The molecule has 0 spiro atoms. The molecule has 75 heavy (non-hydrogen) atoms. The standard InChI is InChI=1S/C54H32F16NO4/c1-22-36(55)38(57)32(39(58)37(22)56)33-42(61)48(67)54(49(68)43(33)62)75-31-18-16-27(20-29(31)25-13-11-23(12-14-25)21-71(2,3)4)73-52-46(65)40(59)34(41(60)47(52)66)35-44(63)50(69)53(51(70)45(35)64)74-30-17-15-26(72-5)19-28(30)24-9-7-6-8-10-24/h6-20H,21H2,1-5H3/q+1. The van der Waals surface area contributed by atoms with E-state index in [0.29, 0.717) is 41.2 Å². The molecule has 0 heterocycles. The molecule has 8 aromatic carbocycles. The quantitative estimate of drug-likeness (QED) is 0.0655. The van der Waals surface area contributed by atoms with Gasteiger partial charge in [0.25, 0.3) is 0 Å². The van der Waals surface area contributed by atoms with Gasteiger partial charge in [0.05, 0.1) is 50.5 Å². The highest BCUT2D eigenvalue weighted by molar-refractivity contribution is 5.76. The molecule has 0 N–H and O–H groups in total. The van der Waals surface area contributed by atoms with Gasteiger partial charge < -0.3 is 23.4 Å². The normalized spacial score (nSPS) is 11.6. The average molecular weight is 1060 g/mol. The molecule has 8 aromatic rings. The second-order valence-corrected chi connectivity index (χ2v) is 17.5. The fourth-order valence-electron chi connectivity index (χ4n) is 7.85. The zero-order chi connectivity index (χ0) is 54.7. The molecule has 388 valence electrons. The van der Waals surface area contributed by atoms with E-state index in [9.17, 15) is 17.6 Å². The first-order valence-corrected chi connectivity index (χ1v) is 21.6. The Morgan fingerprint density at radius 1 is 0.360 bits per heavy atom. The van der Waals surface area contributed by atoms with Crippen LogP contribution in [0.25, 0.3) is 44.5 Å². The van der Waals surface area contributed by atoms with Crippen LogP contribution in [0.3, 0.4) is 0 Å². The zero-order valence-electron chi connectivity index (χ0n) is 39.0. The summed E-state index contributed by atoms with van der Waals surface area (Å²) in [5.74, 6) is -46.9. The van der Waals surface area contributed by atoms with E-state index in [1.165, 1.54) is 55.6 Å². The Bertz CT molecular complexity index is 3490. The lowest BCUT2D eigenvalue weighted by atomic mass is 9.99. The summed E-state index contributed by atoms with van der Waals surface area (Å²) in [7, 11) is 6.79. The van der Waals surface area contributed by atoms with Gasteiger partial charge >= 0.3 is 0 Å². The maximum Gasteiger partial charge on any atom is 0.205 e. The van der Waals surface area contributed by atoms with Crippen molar-refractivity contribution in [2.75, 3.05) is 28.3 Å². The van der Waals surface area contributed by atoms with Crippen LogP contribution in [0, 0.1) is 100.0 Å². The van der Waals surface area contributed by atoms with Crippen LogP contribution < -0.4 is 18.9 Å². The Labute approximate surface area is 414 Å². The van der Waals surface area contributed by atoms with Gasteiger partial charge in [0.2, 0.25) is 52.2 Å². The van der Waals surface area contributed by atoms with Crippen molar-refractivity contribution in [3.8, 4) is 84.8 Å². The highest BCUT2D eigenvalue weighted by Gasteiger charge is 2.38. The maximum absolute atomic E-state index is 15.9. The van der Waals surface area contributed by atoms with Crippen molar-refractivity contribution in [2.45, 2.75) is 13.5 Å². The van der Waals surface area contributed by atoms with E-state index in [4.69, 9.17) is 18.9 Å². The summed E-state index contributed by atoms with van der Waals surface area (Å²) in [6.07, 6.45) is 0. The van der Waals surface area contributed by atoms with Gasteiger partial charge in [-0.2, -0.15) is 26.3 Å². The molecular weight excluding hydrogens is 1030 g/mol. The van der Waals surface area contributed by atoms with Crippen LogP contribution in [0.15, 0.2) is 91.0 Å². The Morgan fingerprint density at radius 2 is 0.693 bits per heavy atom. The van der Waals surface area contributed by atoms with Crippen molar-refractivity contribution < 1.29 is 93.7 Å². The number of halogens is 16. The van der Waals surface area contributed by atoms with E-state index in [-0.39, 0.29) is 16.9 Å². The monoisotopic (exact) mass is 1060 g/mol. The van der Waals surface area contributed by atoms with E-state index >= 15 is 52.7 Å². The molecule has 0 aromatic heterocycles. The molecule has 0 aliphatic carbocycles. The highest BCUT2D eigenvalue weighted by Crippen LogP contribution is 2.47. The van der Waals surface area contributed by atoms with E-state index in [1.807, 2.05) is 21.1 Å². The number of quaternary nitrogens is 1. The fourth-order valence-corrected chi connectivity index (χ4v) is 7.85. The van der Waals surface area contributed by atoms with Gasteiger partial charge in [-0.1, -0.05) is 54.6 Å². The third-order valence-electron chi connectivity index (χ3n) is 11.4. The molecule has 0 radical (unpaired) electrons. The average Bonchev–Trinajstić information content (AvgIpc) is 3.39. The molecule has 0 amide bonds. The zero-order valence-corrected chi connectivity index (χ0v) is 39.0. The second-order valence-electron chi connectivity index (χ2n) is 17.5. The van der Waals surface area contributed by atoms with Crippen LogP contribution in [0.5, 0.6) is 40.2 Å². The molecule has 0 fully saturated rings. The van der Waals surface area contributed by atoms with Crippen molar-refractivity contribution in [3.05, 3.63) is 195 Å². The number of ether oxygens (including phenoxy) is 4. The van der Waals surface area contributed by atoms with Crippen LogP contribution in [-0.2, 0) is 6.54 Å². The molecule has 21 heteroatoms. The van der Waals surface area contributed by atoms with Crippen molar-refractivity contribution >= 4 is 0 Å². The molecule has 0 saturated heterocycles. The summed E-state index contributed by atoms with van der Waals surface area (Å²) >= 11 is 0. The predicted octanol–water partition coefficient (Wildman–Crippen LogP) is 16.5. The Morgan fingerprint density at radius 3 is 1.07 bits per heavy atom. The van der Waals surface area contributed by atoms with Crippen LogP contribution in [0.1, 0.15) is 11.1 Å². The van der Waals surface area contributed by atoms with Gasteiger partial charge in [0.15, 0.2) is 58.2 Å². The predicted molar refractivity (Wildman–Crippen MR) is 240 cm³/mol. The molecule has 0 unspecified atom stereocenters. The van der Waals surface area contributed by atoms with Gasteiger partial charge in [-0.15, -0.1) is 0 Å². The highest BCUT2D eigenvalue weighted by atomic mass is 19.2. The number of nitrogens with zero attached hydrogens (tertiary/aromatic N) is 1. The summed E-state index contributed by atoms with van der Waals surface area (Å²) in [6.45, 7) is 0.969. The third-order valence-corrected chi connectivity index (χ3v) is 11.4. The molecule has 0 bridgehead atoms. The lowest BCUT2D eigenvalue weighted by Crippen LogP contribution is -2.33. The number of hydrogen-bond donors (Lipinski definition) is 0. The van der Waals surface area contributed by atoms with Crippen molar-refractivity contribution in [1.29, 1.82) is 0 Å². The van der Waals surface area contributed by atoms with Crippen molar-refractivity contribution in [3.63, 3.8) is 0 Å². The SMILES string of the molecule is COc1ccc(Oc2c(F)c(F)c(-c3c(F)c(F)c(Oc4ccc(Oc5c(F)c(F)c(-c6c(F)c(F)c(C)c(F)c6F)c(F)c5F)c(-c5ccc(C[N+](C)(C)C)cc5)c4)c(F)c3F)c(F)c2F)c(-c2ccccc2)c1. The first-order chi connectivity index (χ1) is 35.4. The van der Waals surface area contributed by atoms with Gasteiger partial charge in [-0.25, -0.2) is 43.9 Å². The molecule has 0 aliphatic heterocycles. The van der Waals surface area contributed by atoms with Crippen LogP contribution in [0.2, 0.25) is 0 Å². The number of methoxy groups -OCH3 is 1. The van der Waals surface area contributed by atoms with Gasteiger partial charge in [0.1, 0.15) is 29.5 Å². The lowest BCUT2D eigenvalue weighted by molar-refractivity contribution is -0.884.